The highest BCUT2D eigenvalue weighted by molar-refractivity contribution is 6.29. The van der Waals surface area contributed by atoms with E-state index in [0.717, 1.165) is 77.8 Å². The van der Waals surface area contributed by atoms with Crippen molar-refractivity contribution in [1.82, 2.24) is 9.80 Å². The van der Waals surface area contributed by atoms with Crippen molar-refractivity contribution in [2.24, 2.45) is 23.3 Å². The minimum atomic E-state index is -0.863. The fraction of sp³-hybridized carbons (Fsp3) is 0.900. The lowest BCUT2D eigenvalue weighted by Gasteiger charge is -2.31. The molecule has 8 nitrogen and oxygen atoms in total. The Hall–Kier alpha value is -1.22. The van der Waals surface area contributed by atoms with Crippen molar-refractivity contribution in [2.75, 3.05) is 65.6 Å². The van der Waals surface area contributed by atoms with Gasteiger partial charge in [-0.3, -0.25) is 0 Å². The van der Waals surface area contributed by atoms with E-state index in [-0.39, 0.29) is 13.2 Å². The number of hydrogen-bond donors (Lipinski definition) is 2. The summed E-state index contributed by atoms with van der Waals surface area (Å²) in [5.41, 5.74) is 11.2. The standard InChI is InChI=1S/C20H38N4O4/c21-7-13-23-9-1-17(2-10-23)5-15-27-19(25)20(26)28-16-6-18-3-11-24(12-4-18)14-8-22/h17-18H,1-16,21-22H2. The molecule has 2 heterocycles. The maximum atomic E-state index is 11.8. The molecule has 0 aliphatic carbocycles. The second kappa shape index (κ2) is 13.1. The van der Waals surface area contributed by atoms with Crippen LogP contribution in [0.5, 0.6) is 0 Å². The van der Waals surface area contributed by atoms with Crippen LogP contribution in [0.25, 0.3) is 0 Å². The molecule has 0 radical (unpaired) electrons. The molecule has 0 amide bonds. The smallest absolute Gasteiger partial charge is 0.417 e. The summed E-state index contributed by atoms with van der Waals surface area (Å²) in [6, 6.07) is 0. The summed E-state index contributed by atoms with van der Waals surface area (Å²) in [5.74, 6) is -0.636. The number of ether oxygens (including phenoxy) is 2. The highest BCUT2D eigenvalue weighted by Gasteiger charge is 2.22. The van der Waals surface area contributed by atoms with Crippen molar-refractivity contribution in [3.8, 4) is 0 Å². The monoisotopic (exact) mass is 398 g/mol. The Morgan fingerprint density at radius 2 is 1.07 bits per heavy atom. The summed E-state index contributed by atoms with van der Waals surface area (Å²) in [6.07, 6.45) is 5.96. The SMILES string of the molecule is NCCN1CCC(CCOC(=O)C(=O)OCCC2CCN(CCN)CC2)CC1. The summed E-state index contributed by atoms with van der Waals surface area (Å²) in [4.78, 5) is 28.3. The van der Waals surface area contributed by atoms with Gasteiger partial charge in [-0.2, -0.15) is 0 Å². The van der Waals surface area contributed by atoms with Crippen molar-refractivity contribution >= 4 is 11.9 Å². The summed E-state index contributed by atoms with van der Waals surface area (Å²) >= 11 is 0. The number of carbonyl (C=O) groups excluding carboxylic acids is 2. The molecule has 28 heavy (non-hydrogen) atoms. The van der Waals surface area contributed by atoms with Crippen LogP contribution in [-0.2, 0) is 19.1 Å². The largest absolute Gasteiger partial charge is 0.457 e. The van der Waals surface area contributed by atoms with Crippen molar-refractivity contribution in [3.05, 3.63) is 0 Å². The molecule has 162 valence electrons. The first-order chi connectivity index (χ1) is 13.6. The van der Waals surface area contributed by atoms with Gasteiger partial charge in [0.15, 0.2) is 0 Å². The third-order valence-corrected chi connectivity index (χ3v) is 5.99. The summed E-state index contributed by atoms with van der Waals surface area (Å²) < 4.78 is 10.2. The average Bonchev–Trinajstić information content (AvgIpc) is 2.71. The van der Waals surface area contributed by atoms with E-state index < -0.39 is 11.9 Å². The second-order valence-electron chi connectivity index (χ2n) is 8.00. The highest BCUT2D eigenvalue weighted by atomic mass is 16.6. The molecule has 0 spiro atoms. The fourth-order valence-corrected chi connectivity index (χ4v) is 4.12. The summed E-state index contributed by atoms with van der Waals surface area (Å²) in [6.45, 7) is 8.03. The first-order valence-corrected chi connectivity index (χ1v) is 10.8. The summed E-state index contributed by atoms with van der Waals surface area (Å²) in [7, 11) is 0. The molecule has 0 bridgehead atoms. The number of nitrogens with two attached hydrogens (primary N) is 2. The number of piperidine rings is 2. The third-order valence-electron chi connectivity index (χ3n) is 5.99. The van der Waals surface area contributed by atoms with Gasteiger partial charge in [0.25, 0.3) is 0 Å². The number of rotatable bonds is 10. The van der Waals surface area contributed by atoms with Gasteiger partial charge in [0.1, 0.15) is 0 Å². The molecule has 0 aromatic heterocycles. The molecule has 2 aliphatic rings. The van der Waals surface area contributed by atoms with E-state index in [1.165, 1.54) is 0 Å². The number of carbonyl (C=O) groups is 2. The number of likely N-dealkylation sites (tertiary alicyclic amines) is 2. The van der Waals surface area contributed by atoms with Gasteiger partial charge in [-0.25, -0.2) is 9.59 Å². The quantitative estimate of drug-likeness (QED) is 0.396. The first-order valence-electron chi connectivity index (χ1n) is 10.8. The fourth-order valence-electron chi connectivity index (χ4n) is 4.12. The molecule has 0 aromatic carbocycles. The maximum Gasteiger partial charge on any atom is 0.417 e. The van der Waals surface area contributed by atoms with E-state index in [1.807, 2.05) is 0 Å². The molecule has 8 heteroatoms. The zero-order chi connectivity index (χ0) is 20.2. The van der Waals surface area contributed by atoms with E-state index in [1.54, 1.807) is 0 Å². The zero-order valence-corrected chi connectivity index (χ0v) is 17.2. The van der Waals surface area contributed by atoms with E-state index in [9.17, 15) is 9.59 Å². The lowest BCUT2D eigenvalue weighted by molar-refractivity contribution is -0.168. The Morgan fingerprint density at radius 3 is 1.39 bits per heavy atom. The van der Waals surface area contributed by atoms with Crippen LogP contribution in [0, 0.1) is 11.8 Å². The van der Waals surface area contributed by atoms with Gasteiger partial charge >= 0.3 is 11.9 Å². The lowest BCUT2D eigenvalue weighted by atomic mass is 9.94. The van der Waals surface area contributed by atoms with Crippen molar-refractivity contribution in [1.29, 1.82) is 0 Å². The van der Waals surface area contributed by atoms with Crippen LogP contribution in [-0.4, -0.2) is 87.3 Å². The molecular formula is C20H38N4O4. The normalized spacial score (nSPS) is 20.2. The molecule has 2 rings (SSSR count). The molecule has 0 atom stereocenters. The van der Waals surface area contributed by atoms with Crippen LogP contribution in [0.15, 0.2) is 0 Å². The van der Waals surface area contributed by atoms with E-state index >= 15 is 0 Å². The molecule has 0 unspecified atom stereocenters. The van der Waals surface area contributed by atoms with Crippen LogP contribution in [0.4, 0.5) is 0 Å². The van der Waals surface area contributed by atoms with Crippen LogP contribution in [0.1, 0.15) is 38.5 Å². The van der Waals surface area contributed by atoms with E-state index in [2.05, 4.69) is 9.80 Å². The Balaban J connectivity index is 1.49. The van der Waals surface area contributed by atoms with Crippen molar-refractivity contribution in [2.45, 2.75) is 38.5 Å². The van der Waals surface area contributed by atoms with Crippen molar-refractivity contribution < 1.29 is 19.1 Å². The van der Waals surface area contributed by atoms with Gasteiger partial charge in [0.2, 0.25) is 0 Å². The van der Waals surface area contributed by atoms with Gasteiger partial charge < -0.3 is 30.7 Å². The first kappa shape index (κ1) is 23.1. The lowest BCUT2D eigenvalue weighted by Crippen LogP contribution is -2.37. The van der Waals surface area contributed by atoms with Crippen LogP contribution >= 0.6 is 0 Å². The predicted molar refractivity (Wildman–Crippen MR) is 108 cm³/mol. The Morgan fingerprint density at radius 1 is 0.714 bits per heavy atom. The van der Waals surface area contributed by atoms with Gasteiger partial charge in [-0.1, -0.05) is 0 Å². The number of esters is 2. The van der Waals surface area contributed by atoms with E-state index in [0.29, 0.717) is 24.9 Å². The third kappa shape index (κ3) is 8.43. The Kier molecular flexibility index (Phi) is 10.8. The van der Waals surface area contributed by atoms with Gasteiger partial charge in [0.05, 0.1) is 13.2 Å². The Bertz CT molecular complexity index is 419. The van der Waals surface area contributed by atoms with Crippen molar-refractivity contribution in [3.63, 3.8) is 0 Å². The highest BCUT2D eigenvalue weighted by Crippen LogP contribution is 2.21. The molecule has 2 aliphatic heterocycles. The van der Waals surface area contributed by atoms with E-state index in [4.69, 9.17) is 20.9 Å². The van der Waals surface area contributed by atoms with Gasteiger partial charge in [-0.15, -0.1) is 0 Å². The minimum absolute atomic E-state index is 0.287. The number of nitrogens with zero attached hydrogens (tertiary/aromatic N) is 2. The maximum absolute atomic E-state index is 11.8. The molecule has 0 aromatic rings. The van der Waals surface area contributed by atoms with Crippen LogP contribution < -0.4 is 11.5 Å². The topological polar surface area (TPSA) is 111 Å². The predicted octanol–water partition coefficient (Wildman–Crippen LogP) is 0.194. The zero-order valence-electron chi connectivity index (χ0n) is 17.2. The number of hydrogen-bond acceptors (Lipinski definition) is 8. The van der Waals surface area contributed by atoms with Gasteiger partial charge in [0, 0.05) is 26.2 Å². The Labute approximate surface area is 168 Å². The average molecular weight is 399 g/mol. The minimum Gasteiger partial charge on any atom is -0.457 e. The molecule has 0 saturated carbocycles. The molecule has 2 saturated heterocycles. The molecular weight excluding hydrogens is 360 g/mol. The van der Waals surface area contributed by atoms with Gasteiger partial charge in [-0.05, 0) is 76.5 Å². The molecule has 4 N–H and O–H groups in total. The summed E-state index contributed by atoms with van der Waals surface area (Å²) in [5, 5.41) is 0. The van der Waals surface area contributed by atoms with Crippen LogP contribution in [0.2, 0.25) is 0 Å². The molecule has 2 fully saturated rings. The van der Waals surface area contributed by atoms with Crippen LogP contribution in [0.3, 0.4) is 0 Å². The second-order valence-corrected chi connectivity index (χ2v) is 8.00.